The van der Waals surface area contributed by atoms with Crippen LogP contribution in [-0.2, 0) is 20.2 Å². The Morgan fingerprint density at radius 1 is 0.595 bits per heavy atom. The quantitative estimate of drug-likeness (QED) is 0.134. The lowest BCUT2D eigenvalue weighted by Crippen LogP contribution is -2.44. The maximum atomic E-state index is 10.8. The molecule has 1 aliphatic carbocycles. The minimum Gasteiger partial charge on any atom is -0.748 e. The second-order valence-corrected chi connectivity index (χ2v) is 14.7. The van der Waals surface area contributed by atoms with Gasteiger partial charge >= 0.3 is 0 Å². The minimum atomic E-state index is -4.20. The summed E-state index contributed by atoms with van der Waals surface area (Å²) in [6.07, 6.45) is 0.609. The predicted octanol–water partition coefficient (Wildman–Crippen LogP) is 1.58. The molecule has 0 N–H and O–H groups in total. The van der Waals surface area contributed by atoms with Crippen LogP contribution < -0.4 is 9.47 Å². The number of ether oxygens (including phenoxy) is 2. The van der Waals surface area contributed by atoms with Crippen LogP contribution in [0.15, 0.2) is 36.4 Å². The molecule has 0 unspecified atom stereocenters. The van der Waals surface area contributed by atoms with E-state index in [1.54, 1.807) is 0 Å². The first kappa shape index (κ1) is 33.4. The second-order valence-electron chi connectivity index (χ2n) is 11.6. The van der Waals surface area contributed by atoms with E-state index in [-0.39, 0.29) is 11.5 Å². The van der Waals surface area contributed by atoms with E-state index in [0.29, 0.717) is 72.7 Å². The van der Waals surface area contributed by atoms with Gasteiger partial charge < -0.3 is 27.5 Å². The van der Waals surface area contributed by atoms with Gasteiger partial charge in [0.15, 0.2) is 0 Å². The Balaban J connectivity index is 1.56. The Labute approximate surface area is 249 Å². The molecule has 12 heteroatoms. The molecule has 0 radical (unpaired) electrons. The smallest absolute Gasteiger partial charge is 0.137 e. The van der Waals surface area contributed by atoms with Gasteiger partial charge in [0.2, 0.25) is 0 Å². The first-order valence-corrected chi connectivity index (χ1v) is 16.7. The van der Waals surface area contributed by atoms with E-state index in [1.165, 1.54) is 0 Å². The summed E-state index contributed by atoms with van der Waals surface area (Å²) >= 11 is 0. The van der Waals surface area contributed by atoms with Crippen molar-refractivity contribution < 1.29 is 44.4 Å². The fourth-order valence-corrected chi connectivity index (χ4v) is 5.27. The van der Waals surface area contributed by atoms with E-state index in [1.807, 2.05) is 64.6 Å². The molecule has 0 fully saturated rings. The van der Waals surface area contributed by atoms with Crippen molar-refractivity contribution >= 4 is 20.2 Å². The second kappa shape index (κ2) is 13.9. The monoisotopic (exact) mass is 618 g/mol. The van der Waals surface area contributed by atoms with Crippen molar-refractivity contribution in [3.05, 3.63) is 58.7 Å². The summed E-state index contributed by atoms with van der Waals surface area (Å²) in [6, 6.07) is 11.1. The highest BCUT2D eigenvalue weighted by Gasteiger charge is 2.17. The number of nitrogens with zero attached hydrogens (tertiary/aromatic N) is 2. The fraction of sp³-hybridized carbons (Fsp3) is 0.467. The molecule has 2 aromatic carbocycles. The van der Waals surface area contributed by atoms with E-state index in [2.05, 4.69) is 23.7 Å². The van der Waals surface area contributed by atoms with Gasteiger partial charge in [-0.3, -0.25) is 0 Å². The zero-order valence-corrected chi connectivity index (χ0v) is 26.1. The number of quaternary nitrogens is 2. The lowest BCUT2D eigenvalue weighted by Gasteiger charge is -2.29. The number of hydrogen-bond donors (Lipinski definition) is 0. The average Bonchev–Trinajstić information content (AvgIpc) is 2.84. The van der Waals surface area contributed by atoms with Gasteiger partial charge in [0.25, 0.3) is 0 Å². The van der Waals surface area contributed by atoms with Crippen LogP contribution in [0.1, 0.15) is 35.1 Å². The zero-order valence-electron chi connectivity index (χ0n) is 24.5. The molecule has 228 valence electrons. The van der Waals surface area contributed by atoms with E-state index in [4.69, 9.17) is 9.47 Å². The van der Waals surface area contributed by atoms with E-state index in [9.17, 15) is 25.9 Å². The molecule has 0 aromatic heterocycles. The lowest BCUT2D eigenvalue weighted by molar-refractivity contribution is -0.890. The highest BCUT2D eigenvalue weighted by molar-refractivity contribution is 7.85. The summed E-state index contributed by atoms with van der Waals surface area (Å²) in [6.45, 7) is 3.22. The molecular formula is C30H38N2O8S2. The Morgan fingerprint density at radius 3 is 1.31 bits per heavy atom. The Hall–Kier alpha value is -3.10. The number of rotatable bonds is 16. The molecule has 1 aliphatic rings. The number of fused-ring (bicyclic) bond motifs is 2. The first-order valence-electron chi connectivity index (χ1n) is 13.6. The molecule has 42 heavy (non-hydrogen) atoms. The summed E-state index contributed by atoms with van der Waals surface area (Å²) in [4.78, 5) is 0. The molecule has 10 nitrogen and oxygen atoms in total. The topological polar surface area (TPSA) is 133 Å². The summed E-state index contributed by atoms with van der Waals surface area (Å²) in [5, 5.41) is 0. The van der Waals surface area contributed by atoms with Crippen LogP contribution in [0.4, 0.5) is 0 Å². The van der Waals surface area contributed by atoms with Crippen LogP contribution in [0, 0.1) is 23.7 Å². The van der Waals surface area contributed by atoms with Crippen molar-refractivity contribution in [3.63, 3.8) is 0 Å². The molecule has 3 rings (SSSR count). The Morgan fingerprint density at radius 2 is 0.952 bits per heavy atom. The maximum absolute atomic E-state index is 10.8. The molecule has 0 heterocycles. The van der Waals surface area contributed by atoms with Gasteiger partial charge in [-0.25, -0.2) is 16.8 Å². The molecular weight excluding hydrogens is 580 g/mol. The van der Waals surface area contributed by atoms with Gasteiger partial charge in [-0.15, -0.1) is 0 Å². The van der Waals surface area contributed by atoms with Gasteiger partial charge in [-0.1, -0.05) is 23.7 Å². The van der Waals surface area contributed by atoms with Crippen molar-refractivity contribution in [1.82, 2.24) is 0 Å². The number of benzene rings is 2. The average molecular weight is 619 g/mol. The fourth-order valence-electron chi connectivity index (χ4n) is 4.30. The van der Waals surface area contributed by atoms with E-state index < -0.39 is 20.2 Å². The van der Waals surface area contributed by atoms with Crippen molar-refractivity contribution in [2.75, 3.05) is 79.1 Å². The summed E-state index contributed by atoms with van der Waals surface area (Å²) in [5.74, 6) is 13.4. The summed E-state index contributed by atoms with van der Waals surface area (Å²) in [7, 11) is -0.553. The van der Waals surface area contributed by atoms with Crippen LogP contribution in [0.3, 0.4) is 0 Å². The molecule has 0 amide bonds. The van der Waals surface area contributed by atoms with Gasteiger partial charge in [-0.2, -0.15) is 0 Å². The third kappa shape index (κ3) is 12.0. The van der Waals surface area contributed by atoms with Gasteiger partial charge in [-0.05, 0) is 36.4 Å². The minimum absolute atomic E-state index is 0.304. The van der Waals surface area contributed by atoms with Crippen LogP contribution in [-0.4, -0.2) is 114 Å². The SMILES string of the molecule is C[N+](C)(CCCS(=O)(=O)[O-])CCOc1ccc2c(c1)C#Cc1ccc(OCC[N+](C)(C)CCCS(=O)(=O)[O-])cc1C#C2. The third-order valence-electron chi connectivity index (χ3n) is 6.89. The standard InChI is InChI=1S/C30H38N2O8S2/c1-31(2,15-5-21-41(33,34)35)17-19-39-29-13-11-25-8-10-28-24-30(14-12-26(28)7-9-27(25)23-29)40-20-18-32(3,4)16-6-22-42(36,37)38/h11-14,23-24H,5-6,15-22H2,1-4H3. The number of likely N-dealkylation sites (N-methyl/N-ethyl adjacent to an activating group) is 2. The molecule has 0 spiro atoms. The van der Waals surface area contributed by atoms with Gasteiger partial charge in [0.05, 0.1) is 61.5 Å². The Bertz CT molecular complexity index is 1490. The molecule has 0 bridgehead atoms. The normalized spacial score (nSPS) is 12.9. The van der Waals surface area contributed by atoms with Crippen molar-refractivity contribution in [2.45, 2.75) is 12.8 Å². The van der Waals surface area contributed by atoms with Gasteiger partial charge in [0.1, 0.15) is 37.8 Å². The zero-order chi connectivity index (χ0) is 31.0. The molecule has 0 aliphatic heterocycles. The third-order valence-corrected chi connectivity index (χ3v) is 8.47. The van der Waals surface area contributed by atoms with Crippen molar-refractivity contribution in [3.8, 4) is 35.2 Å². The highest BCUT2D eigenvalue weighted by Crippen LogP contribution is 2.22. The maximum Gasteiger partial charge on any atom is 0.137 e. The molecule has 0 saturated carbocycles. The van der Waals surface area contributed by atoms with Crippen LogP contribution >= 0.6 is 0 Å². The van der Waals surface area contributed by atoms with Crippen LogP contribution in [0.25, 0.3) is 0 Å². The molecule has 0 atom stereocenters. The van der Waals surface area contributed by atoms with E-state index >= 15 is 0 Å². The largest absolute Gasteiger partial charge is 0.748 e. The predicted molar refractivity (Wildman–Crippen MR) is 158 cm³/mol. The lowest BCUT2D eigenvalue weighted by atomic mass is 10.0. The highest BCUT2D eigenvalue weighted by atomic mass is 32.2. The van der Waals surface area contributed by atoms with Crippen molar-refractivity contribution in [1.29, 1.82) is 0 Å². The Kier molecular flexibility index (Phi) is 11.1. The summed E-state index contributed by atoms with van der Waals surface area (Å²) < 4.78 is 78.0. The van der Waals surface area contributed by atoms with Crippen molar-refractivity contribution in [2.24, 2.45) is 0 Å². The molecule has 2 aromatic rings. The number of hydrogen-bond acceptors (Lipinski definition) is 8. The molecule has 0 saturated heterocycles. The van der Waals surface area contributed by atoms with Crippen LogP contribution in [0.2, 0.25) is 0 Å². The van der Waals surface area contributed by atoms with Crippen LogP contribution in [0.5, 0.6) is 11.5 Å². The first-order chi connectivity index (χ1) is 19.5. The summed E-state index contributed by atoms with van der Waals surface area (Å²) in [5.41, 5.74) is 3.07. The van der Waals surface area contributed by atoms with Gasteiger partial charge in [0, 0.05) is 46.6 Å². The van der Waals surface area contributed by atoms with E-state index in [0.717, 1.165) is 22.3 Å².